The highest BCUT2D eigenvalue weighted by Crippen LogP contribution is 2.43. The summed E-state index contributed by atoms with van der Waals surface area (Å²) in [5, 5.41) is 0. The molecule has 0 saturated carbocycles. The Morgan fingerprint density at radius 1 is 1.11 bits per heavy atom. The standard InChI is InChI=1S/C16H14BrF/c17-16-13(8-11-4-3-6-14(18)9-11)10-12-5-1-2-7-15(12)16/h1-7,9,13,16H,8,10H2. The zero-order valence-electron chi connectivity index (χ0n) is 9.94. The quantitative estimate of drug-likeness (QED) is 0.707. The summed E-state index contributed by atoms with van der Waals surface area (Å²) in [7, 11) is 0. The van der Waals surface area contributed by atoms with E-state index in [9.17, 15) is 4.39 Å². The van der Waals surface area contributed by atoms with Gasteiger partial charge in [0.15, 0.2) is 0 Å². The first-order valence-corrected chi connectivity index (χ1v) is 7.12. The van der Waals surface area contributed by atoms with E-state index in [1.807, 2.05) is 6.07 Å². The topological polar surface area (TPSA) is 0 Å². The van der Waals surface area contributed by atoms with Crippen LogP contribution in [0.5, 0.6) is 0 Å². The lowest BCUT2D eigenvalue weighted by Crippen LogP contribution is -2.06. The van der Waals surface area contributed by atoms with Gasteiger partial charge in [-0.05, 0) is 47.6 Å². The summed E-state index contributed by atoms with van der Waals surface area (Å²) in [6.07, 6.45) is 1.99. The van der Waals surface area contributed by atoms with Crippen LogP contribution in [0.2, 0.25) is 0 Å². The number of fused-ring (bicyclic) bond motifs is 1. The number of benzene rings is 2. The molecule has 0 bridgehead atoms. The number of hydrogen-bond acceptors (Lipinski definition) is 0. The van der Waals surface area contributed by atoms with Gasteiger partial charge in [-0.25, -0.2) is 4.39 Å². The summed E-state index contributed by atoms with van der Waals surface area (Å²) >= 11 is 3.79. The second kappa shape index (κ2) is 4.85. The molecule has 0 fully saturated rings. The van der Waals surface area contributed by atoms with E-state index in [0.717, 1.165) is 18.4 Å². The molecule has 0 heterocycles. The van der Waals surface area contributed by atoms with Crippen LogP contribution in [0, 0.1) is 11.7 Å². The second-order valence-corrected chi connectivity index (χ2v) is 5.89. The molecular formula is C16H14BrF. The van der Waals surface area contributed by atoms with E-state index >= 15 is 0 Å². The van der Waals surface area contributed by atoms with Crippen LogP contribution in [-0.4, -0.2) is 0 Å². The van der Waals surface area contributed by atoms with Crippen LogP contribution in [-0.2, 0) is 12.8 Å². The largest absolute Gasteiger partial charge is 0.207 e. The molecule has 0 radical (unpaired) electrons. The predicted octanol–water partition coefficient (Wildman–Crippen LogP) is 4.68. The van der Waals surface area contributed by atoms with Gasteiger partial charge in [0, 0.05) is 4.83 Å². The first-order valence-electron chi connectivity index (χ1n) is 6.20. The van der Waals surface area contributed by atoms with Crippen molar-refractivity contribution < 1.29 is 4.39 Å². The lowest BCUT2D eigenvalue weighted by atomic mass is 9.96. The van der Waals surface area contributed by atoms with Gasteiger partial charge >= 0.3 is 0 Å². The van der Waals surface area contributed by atoms with E-state index in [2.05, 4.69) is 40.2 Å². The first-order chi connectivity index (χ1) is 8.74. The van der Waals surface area contributed by atoms with E-state index in [1.54, 1.807) is 12.1 Å². The first kappa shape index (κ1) is 11.9. The molecule has 92 valence electrons. The molecule has 2 atom stereocenters. The highest BCUT2D eigenvalue weighted by molar-refractivity contribution is 9.09. The monoisotopic (exact) mass is 304 g/mol. The molecule has 0 saturated heterocycles. The van der Waals surface area contributed by atoms with E-state index in [0.29, 0.717) is 10.7 Å². The summed E-state index contributed by atoms with van der Waals surface area (Å²) < 4.78 is 13.2. The van der Waals surface area contributed by atoms with Crippen LogP contribution in [0.4, 0.5) is 4.39 Å². The van der Waals surface area contributed by atoms with Crippen molar-refractivity contribution in [2.45, 2.75) is 17.7 Å². The Labute approximate surface area is 115 Å². The van der Waals surface area contributed by atoms with Crippen molar-refractivity contribution in [3.05, 3.63) is 71.0 Å². The van der Waals surface area contributed by atoms with Crippen molar-refractivity contribution in [1.29, 1.82) is 0 Å². The van der Waals surface area contributed by atoms with Gasteiger partial charge in [0.1, 0.15) is 5.82 Å². The van der Waals surface area contributed by atoms with Crippen molar-refractivity contribution in [1.82, 2.24) is 0 Å². The molecule has 2 heteroatoms. The van der Waals surface area contributed by atoms with Gasteiger partial charge in [0.05, 0.1) is 0 Å². The van der Waals surface area contributed by atoms with Crippen molar-refractivity contribution in [3.63, 3.8) is 0 Å². The maximum Gasteiger partial charge on any atom is 0.123 e. The average molecular weight is 305 g/mol. The Kier molecular flexibility index (Phi) is 3.21. The SMILES string of the molecule is Fc1cccc(CC2Cc3ccccc3C2Br)c1. The number of rotatable bonds is 2. The van der Waals surface area contributed by atoms with Crippen molar-refractivity contribution in [3.8, 4) is 0 Å². The molecule has 3 rings (SSSR count). The molecule has 0 aliphatic heterocycles. The van der Waals surface area contributed by atoms with Gasteiger partial charge in [-0.2, -0.15) is 0 Å². The lowest BCUT2D eigenvalue weighted by Gasteiger charge is -2.14. The van der Waals surface area contributed by atoms with Crippen LogP contribution in [0.25, 0.3) is 0 Å². The molecule has 0 N–H and O–H groups in total. The lowest BCUT2D eigenvalue weighted by molar-refractivity contribution is 0.551. The maximum absolute atomic E-state index is 13.2. The Bertz CT molecular complexity index is 565. The second-order valence-electron chi connectivity index (χ2n) is 4.90. The van der Waals surface area contributed by atoms with E-state index in [-0.39, 0.29) is 5.82 Å². The predicted molar refractivity (Wildman–Crippen MR) is 75.4 cm³/mol. The van der Waals surface area contributed by atoms with E-state index < -0.39 is 0 Å². The molecule has 1 aliphatic carbocycles. The fourth-order valence-electron chi connectivity index (χ4n) is 2.77. The third-order valence-corrected chi connectivity index (χ3v) is 4.88. The Hall–Kier alpha value is -1.15. The van der Waals surface area contributed by atoms with Gasteiger partial charge in [-0.15, -0.1) is 0 Å². The number of halogens is 2. The Morgan fingerprint density at radius 2 is 1.94 bits per heavy atom. The highest BCUT2D eigenvalue weighted by Gasteiger charge is 2.30. The molecule has 18 heavy (non-hydrogen) atoms. The van der Waals surface area contributed by atoms with Crippen molar-refractivity contribution >= 4 is 15.9 Å². The minimum absolute atomic E-state index is 0.144. The fourth-order valence-corrected chi connectivity index (χ4v) is 3.59. The van der Waals surface area contributed by atoms with Crippen LogP contribution >= 0.6 is 15.9 Å². The molecule has 1 aliphatic rings. The minimum Gasteiger partial charge on any atom is -0.207 e. The fraction of sp³-hybridized carbons (Fsp3) is 0.250. The minimum atomic E-state index is -0.144. The highest BCUT2D eigenvalue weighted by atomic mass is 79.9. The molecule has 0 nitrogen and oxygen atoms in total. The van der Waals surface area contributed by atoms with Crippen molar-refractivity contribution in [2.75, 3.05) is 0 Å². The van der Waals surface area contributed by atoms with Gasteiger partial charge in [-0.3, -0.25) is 0 Å². The number of alkyl halides is 1. The smallest absolute Gasteiger partial charge is 0.123 e. The summed E-state index contributed by atoms with van der Waals surface area (Å²) in [6, 6.07) is 15.5. The average Bonchev–Trinajstić information content (AvgIpc) is 2.67. The number of hydrogen-bond donors (Lipinski definition) is 0. The summed E-state index contributed by atoms with van der Waals surface area (Å²) in [4.78, 5) is 0.386. The molecule has 0 amide bonds. The summed E-state index contributed by atoms with van der Waals surface area (Å²) in [5.41, 5.74) is 3.89. The maximum atomic E-state index is 13.2. The Balaban J connectivity index is 1.81. The summed E-state index contributed by atoms with van der Waals surface area (Å²) in [6.45, 7) is 0. The normalized spacial score (nSPS) is 21.9. The molecule has 2 unspecified atom stereocenters. The van der Waals surface area contributed by atoms with Crippen molar-refractivity contribution in [2.24, 2.45) is 5.92 Å². The zero-order valence-corrected chi connectivity index (χ0v) is 11.5. The van der Waals surface area contributed by atoms with Gasteiger partial charge in [-0.1, -0.05) is 52.3 Å². The zero-order chi connectivity index (χ0) is 12.5. The molecule has 0 spiro atoms. The van der Waals surface area contributed by atoms with Crippen LogP contribution in [0.1, 0.15) is 21.5 Å². The third kappa shape index (κ3) is 2.22. The van der Waals surface area contributed by atoms with Gasteiger partial charge < -0.3 is 0 Å². The van der Waals surface area contributed by atoms with E-state index in [4.69, 9.17) is 0 Å². The van der Waals surface area contributed by atoms with Gasteiger partial charge in [0.2, 0.25) is 0 Å². The molecule has 2 aromatic carbocycles. The Morgan fingerprint density at radius 3 is 2.72 bits per heavy atom. The van der Waals surface area contributed by atoms with Crippen LogP contribution in [0.15, 0.2) is 48.5 Å². The molecule has 0 aromatic heterocycles. The summed E-state index contributed by atoms with van der Waals surface area (Å²) in [5.74, 6) is 0.373. The van der Waals surface area contributed by atoms with E-state index in [1.165, 1.54) is 17.2 Å². The molecule has 2 aromatic rings. The van der Waals surface area contributed by atoms with Crippen LogP contribution < -0.4 is 0 Å². The van der Waals surface area contributed by atoms with Crippen LogP contribution in [0.3, 0.4) is 0 Å². The molecular weight excluding hydrogens is 291 g/mol. The van der Waals surface area contributed by atoms with Gasteiger partial charge in [0.25, 0.3) is 0 Å². The third-order valence-electron chi connectivity index (χ3n) is 3.64.